The Bertz CT molecular complexity index is 1860. The molecule has 6 rings (SSSR count). The predicted molar refractivity (Wildman–Crippen MR) is 173 cm³/mol. The Balaban J connectivity index is 1.41. The minimum atomic E-state index is -0.836. The molecule has 0 aliphatic carbocycles. The number of fused-ring (bicyclic) bond motifs is 4. The van der Waals surface area contributed by atoms with Crippen molar-refractivity contribution in [2.24, 2.45) is 12.5 Å². The minimum absolute atomic E-state index is 0.0675. The fourth-order valence-electron chi connectivity index (χ4n) is 6.75. The van der Waals surface area contributed by atoms with Crippen molar-refractivity contribution in [1.29, 1.82) is 0 Å². The van der Waals surface area contributed by atoms with Crippen molar-refractivity contribution in [3.63, 3.8) is 0 Å². The van der Waals surface area contributed by atoms with Crippen molar-refractivity contribution in [3.05, 3.63) is 94.2 Å². The average molecular weight is 592 g/mol. The topological polar surface area (TPSA) is 82.4 Å². The molecule has 8 nitrogen and oxygen atoms in total. The number of nitrogens with zero attached hydrogens (tertiary/aromatic N) is 5. The lowest BCUT2D eigenvalue weighted by Crippen LogP contribution is -2.34. The van der Waals surface area contributed by atoms with Crippen molar-refractivity contribution in [1.82, 2.24) is 24.9 Å². The van der Waals surface area contributed by atoms with Crippen LogP contribution in [0.2, 0.25) is 0 Å². The van der Waals surface area contributed by atoms with Crippen LogP contribution in [0.3, 0.4) is 0 Å². The molecule has 0 saturated heterocycles. The van der Waals surface area contributed by atoms with Crippen LogP contribution in [0.5, 0.6) is 5.75 Å². The highest BCUT2D eigenvalue weighted by Gasteiger charge is 2.41. The molecule has 0 amide bonds. The van der Waals surface area contributed by atoms with Crippen LogP contribution in [0.1, 0.15) is 66.5 Å². The Labute approximate surface area is 259 Å². The number of hydrogen-bond donors (Lipinski definition) is 0. The molecule has 0 fully saturated rings. The van der Waals surface area contributed by atoms with Gasteiger partial charge in [0.15, 0.2) is 0 Å². The Morgan fingerprint density at radius 1 is 1.14 bits per heavy atom. The minimum Gasteiger partial charge on any atom is -0.488 e. The van der Waals surface area contributed by atoms with Crippen LogP contribution >= 0.6 is 0 Å². The van der Waals surface area contributed by atoms with Gasteiger partial charge in [-0.2, -0.15) is 0 Å². The molecule has 228 valence electrons. The number of rotatable bonds is 7. The van der Waals surface area contributed by atoms with Crippen molar-refractivity contribution >= 4 is 27.9 Å². The van der Waals surface area contributed by atoms with E-state index in [4.69, 9.17) is 14.5 Å². The molecule has 5 aromatic rings. The summed E-state index contributed by atoms with van der Waals surface area (Å²) in [4.78, 5) is 20.5. The first-order chi connectivity index (χ1) is 21.1. The molecule has 0 saturated carbocycles. The highest BCUT2D eigenvalue weighted by molar-refractivity contribution is 5.86. The van der Waals surface area contributed by atoms with Gasteiger partial charge in [-0.1, -0.05) is 48.5 Å². The lowest BCUT2D eigenvalue weighted by atomic mass is 9.69. The van der Waals surface area contributed by atoms with Gasteiger partial charge >= 0.3 is 5.97 Å². The van der Waals surface area contributed by atoms with Gasteiger partial charge in [0.2, 0.25) is 0 Å². The van der Waals surface area contributed by atoms with Crippen molar-refractivity contribution < 1.29 is 14.3 Å². The number of methoxy groups -OCH3 is 1. The molecular formula is C36H41N5O3. The van der Waals surface area contributed by atoms with Crippen molar-refractivity contribution in [2.75, 3.05) is 13.7 Å². The number of hydrogen-bond acceptors (Lipinski definition) is 7. The molecule has 1 aliphatic rings. The SMILES string of the molecule is CC[C@@H]1CN(Cc2cc(C(c3ccc4c(nnn4C)c3C)C(C)(C)C(=O)OC)ccc2C)Cc2cnc3ccccc3c2O1. The Hall–Kier alpha value is -4.30. The molecule has 3 aromatic carbocycles. The highest BCUT2D eigenvalue weighted by atomic mass is 16.5. The number of aromatic nitrogens is 4. The zero-order valence-electron chi connectivity index (χ0n) is 26.7. The van der Waals surface area contributed by atoms with E-state index in [1.165, 1.54) is 18.2 Å². The van der Waals surface area contributed by atoms with Gasteiger partial charge in [-0.15, -0.1) is 5.10 Å². The van der Waals surface area contributed by atoms with Crippen LogP contribution in [0.4, 0.5) is 0 Å². The summed E-state index contributed by atoms with van der Waals surface area (Å²) < 4.78 is 13.8. The van der Waals surface area contributed by atoms with E-state index in [0.29, 0.717) is 0 Å². The maximum Gasteiger partial charge on any atom is 0.312 e. The monoisotopic (exact) mass is 591 g/mol. The zero-order valence-corrected chi connectivity index (χ0v) is 26.7. The molecular weight excluding hydrogens is 550 g/mol. The van der Waals surface area contributed by atoms with Crippen LogP contribution in [-0.4, -0.2) is 50.6 Å². The van der Waals surface area contributed by atoms with Gasteiger partial charge in [-0.05, 0) is 80.1 Å². The highest BCUT2D eigenvalue weighted by Crippen LogP contribution is 2.44. The second kappa shape index (κ2) is 11.7. The summed E-state index contributed by atoms with van der Waals surface area (Å²) in [6, 6.07) is 19.0. The summed E-state index contributed by atoms with van der Waals surface area (Å²) in [6.07, 6.45) is 2.94. The molecule has 2 aromatic heterocycles. The summed E-state index contributed by atoms with van der Waals surface area (Å²) >= 11 is 0. The summed E-state index contributed by atoms with van der Waals surface area (Å²) in [5.74, 6) is 0.438. The number of aryl methyl sites for hydroxylation is 3. The fraction of sp³-hybridized carbons (Fsp3) is 0.389. The second-order valence-electron chi connectivity index (χ2n) is 12.6. The molecule has 2 atom stereocenters. The first-order valence-corrected chi connectivity index (χ1v) is 15.3. The fourth-order valence-corrected chi connectivity index (χ4v) is 6.75. The molecule has 0 radical (unpaired) electrons. The van der Waals surface area contributed by atoms with E-state index in [-0.39, 0.29) is 18.0 Å². The first-order valence-electron chi connectivity index (χ1n) is 15.3. The van der Waals surface area contributed by atoms with Gasteiger partial charge in [0.1, 0.15) is 17.4 Å². The van der Waals surface area contributed by atoms with E-state index in [1.54, 1.807) is 4.68 Å². The standard InChI is InChI=1S/C36H41N5O3/c1-8-27-21-41(20-26-18-37-30-12-10-9-11-29(30)34(26)44-27)19-25-17-24(14-13-22(25)2)32(36(4,5)35(42)43-7)28-15-16-31-33(23(28)3)38-39-40(31)6/h9-18,27,32H,8,19-21H2,1-7H3/t27-,32?/m1/s1. The van der Waals surface area contributed by atoms with Gasteiger partial charge in [0.05, 0.1) is 23.6 Å². The zero-order chi connectivity index (χ0) is 31.2. The van der Waals surface area contributed by atoms with E-state index in [9.17, 15) is 4.79 Å². The smallest absolute Gasteiger partial charge is 0.312 e. The van der Waals surface area contributed by atoms with Crippen LogP contribution < -0.4 is 4.74 Å². The molecule has 1 unspecified atom stereocenters. The predicted octanol–water partition coefficient (Wildman–Crippen LogP) is 6.64. The largest absolute Gasteiger partial charge is 0.488 e. The van der Waals surface area contributed by atoms with Crippen molar-refractivity contribution in [3.8, 4) is 5.75 Å². The Morgan fingerprint density at radius 2 is 1.93 bits per heavy atom. The third kappa shape index (κ3) is 5.21. The first kappa shape index (κ1) is 29.8. The molecule has 1 aliphatic heterocycles. The van der Waals surface area contributed by atoms with E-state index >= 15 is 0 Å². The third-order valence-corrected chi connectivity index (χ3v) is 9.32. The number of carbonyl (C=O) groups excluding carboxylic acids is 1. The Kier molecular flexibility index (Phi) is 7.88. The van der Waals surface area contributed by atoms with Crippen LogP contribution in [0, 0.1) is 19.3 Å². The third-order valence-electron chi connectivity index (χ3n) is 9.32. The molecule has 0 bridgehead atoms. The molecule has 8 heteroatoms. The lowest BCUT2D eigenvalue weighted by molar-refractivity contribution is -0.151. The summed E-state index contributed by atoms with van der Waals surface area (Å²) in [5, 5.41) is 9.75. The van der Waals surface area contributed by atoms with E-state index in [0.717, 1.165) is 76.0 Å². The van der Waals surface area contributed by atoms with E-state index in [2.05, 4.69) is 66.3 Å². The number of benzene rings is 3. The quantitative estimate of drug-likeness (QED) is 0.196. The van der Waals surface area contributed by atoms with Crippen molar-refractivity contribution in [2.45, 2.75) is 66.2 Å². The van der Waals surface area contributed by atoms with E-state index in [1.807, 2.05) is 51.4 Å². The average Bonchev–Trinajstić information content (AvgIpc) is 3.30. The maximum absolute atomic E-state index is 13.3. The van der Waals surface area contributed by atoms with Gasteiger partial charge < -0.3 is 9.47 Å². The number of pyridine rings is 1. The normalized spacial score (nSPS) is 16.4. The van der Waals surface area contributed by atoms with Crippen LogP contribution in [-0.2, 0) is 29.7 Å². The van der Waals surface area contributed by atoms with Gasteiger partial charge in [-0.25, -0.2) is 4.68 Å². The number of esters is 1. The number of para-hydroxylation sites is 1. The Morgan fingerprint density at radius 3 is 2.70 bits per heavy atom. The van der Waals surface area contributed by atoms with Gasteiger partial charge in [0, 0.05) is 49.7 Å². The number of carbonyl (C=O) groups is 1. The van der Waals surface area contributed by atoms with Gasteiger partial charge in [0.25, 0.3) is 0 Å². The molecule has 0 spiro atoms. The van der Waals surface area contributed by atoms with Gasteiger partial charge in [-0.3, -0.25) is 14.7 Å². The summed E-state index contributed by atoms with van der Waals surface area (Å²) in [5.41, 5.74) is 8.59. The second-order valence-corrected chi connectivity index (χ2v) is 12.6. The molecule has 3 heterocycles. The molecule has 0 N–H and O–H groups in total. The molecule has 44 heavy (non-hydrogen) atoms. The summed E-state index contributed by atoms with van der Waals surface area (Å²) in [7, 11) is 3.35. The number of ether oxygens (including phenoxy) is 2. The van der Waals surface area contributed by atoms with Crippen LogP contribution in [0.25, 0.3) is 21.9 Å². The maximum atomic E-state index is 13.3. The lowest BCUT2D eigenvalue weighted by Gasteiger charge is -2.34. The van der Waals surface area contributed by atoms with E-state index < -0.39 is 5.41 Å². The summed E-state index contributed by atoms with van der Waals surface area (Å²) in [6.45, 7) is 12.6. The van der Waals surface area contributed by atoms with Crippen LogP contribution in [0.15, 0.2) is 60.8 Å².